The summed E-state index contributed by atoms with van der Waals surface area (Å²) in [6.45, 7) is 1.59. The van der Waals surface area contributed by atoms with Crippen LogP contribution in [0.15, 0.2) is 18.2 Å². The number of H-pyrrole nitrogens is 1. The molecule has 0 atom stereocenters. The highest BCUT2D eigenvalue weighted by molar-refractivity contribution is 5.80. The number of fused-ring (bicyclic) bond motifs is 1. The summed E-state index contributed by atoms with van der Waals surface area (Å²) in [5, 5.41) is 3.20. The molecular formula is C11H16N4O. The molecule has 0 aliphatic carbocycles. The van der Waals surface area contributed by atoms with Crippen molar-refractivity contribution < 1.29 is 4.74 Å². The number of methoxy groups -OCH3 is 1. The quantitative estimate of drug-likeness (QED) is 0.528. The lowest BCUT2D eigenvalue weighted by Gasteiger charge is -2.00. The number of hydrogen-bond acceptors (Lipinski definition) is 4. The topological polar surface area (TPSA) is 76.0 Å². The number of nitrogens with zero attached hydrogens (tertiary/aromatic N) is 1. The van der Waals surface area contributed by atoms with Gasteiger partial charge in [0.25, 0.3) is 0 Å². The Morgan fingerprint density at radius 3 is 3.19 bits per heavy atom. The summed E-state index contributed by atoms with van der Waals surface area (Å²) in [5.41, 5.74) is 8.30. The Labute approximate surface area is 94.0 Å². The van der Waals surface area contributed by atoms with Gasteiger partial charge in [0.15, 0.2) is 0 Å². The number of rotatable bonds is 5. The molecule has 0 saturated carbocycles. The second-order valence-corrected chi connectivity index (χ2v) is 3.64. The Bertz CT molecular complexity index is 466. The highest BCUT2D eigenvalue weighted by Gasteiger charge is 2.01. The zero-order valence-electron chi connectivity index (χ0n) is 9.29. The van der Waals surface area contributed by atoms with Gasteiger partial charge in [-0.3, -0.25) is 0 Å². The van der Waals surface area contributed by atoms with Crippen molar-refractivity contribution in [3.8, 4) is 0 Å². The molecule has 2 rings (SSSR count). The van der Waals surface area contributed by atoms with Gasteiger partial charge in [-0.1, -0.05) is 0 Å². The van der Waals surface area contributed by atoms with Gasteiger partial charge in [-0.2, -0.15) is 0 Å². The van der Waals surface area contributed by atoms with Crippen LogP contribution >= 0.6 is 0 Å². The van der Waals surface area contributed by atoms with Crippen molar-refractivity contribution >= 4 is 22.7 Å². The maximum atomic E-state index is 5.69. The molecule has 0 amide bonds. The SMILES string of the molecule is COCCCNc1nc2ccc(N)cc2[nH]1. The van der Waals surface area contributed by atoms with Gasteiger partial charge in [0, 0.05) is 25.9 Å². The molecule has 0 aliphatic rings. The monoisotopic (exact) mass is 220 g/mol. The molecule has 0 radical (unpaired) electrons. The number of benzene rings is 1. The molecule has 86 valence electrons. The van der Waals surface area contributed by atoms with Crippen LogP contribution in [0, 0.1) is 0 Å². The minimum absolute atomic E-state index is 0.738. The number of anilines is 2. The second-order valence-electron chi connectivity index (χ2n) is 3.64. The molecule has 5 nitrogen and oxygen atoms in total. The van der Waals surface area contributed by atoms with E-state index >= 15 is 0 Å². The smallest absolute Gasteiger partial charge is 0.201 e. The molecule has 0 fully saturated rings. The van der Waals surface area contributed by atoms with E-state index in [0.717, 1.165) is 42.2 Å². The number of nitrogens with one attached hydrogen (secondary N) is 2. The minimum Gasteiger partial charge on any atom is -0.399 e. The van der Waals surface area contributed by atoms with E-state index in [0.29, 0.717) is 0 Å². The highest BCUT2D eigenvalue weighted by atomic mass is 16.5. The predicted octanol–water partition coefficient (Wildman–Crippen LogP) is 1.59. The Balaban J connectivity index is 2.02. The van der Waals surface area contributed by atoms with Crippen molar-refractivity contribution in [1.82, 2.24) is 9.97 Å². The van der Waals surface area contributed by atoms with Gasteiger partial charge < -0.3 is 20.8 Å². The van der Waals surface area contributed by atoms with Crippen LogP contribution in [0.3, 0.4) is 0 Å². The van der Waals surface area contributed by atoms with Crippen LogP contribution in [-0.2, 0) is 4.74 Å². The van der Waals surface area contributed by atoms with Crippen molar-refractivity contribution in [3.05, 3.63) is 18.2 Å². The van der Waals surface area contributed by atoms with E-state index in [4.69, 9.17) is 10.5 Å². The molecule has 1 heterocycles. The van der Waals surface area contributed by atoms with Gasteiger partial charge in [0.2, 0.25) is 5.95 Å². The van der Waals surface area contributed by atoms with Crippen LogP contribution in [0.5, 0.6) is 0 Å². The van der Waals surface area contributed by atoms with Crippen LogP contribution < -0.4 is 11.1 Å². The Morgan fingerprint density at radius 2 is 2.38 bits per heavy atom. The molecule has 4 N–H and O–H groups in total. The van der Waals surface area contributed by atoms with E-state index in [-0.39, 0.29) is 0 Å². The van der Waals surface area contributed by atoms with Crippen LogP contribution in [0.2, 0.25) is 0 Å². The first-order valence-corrected chi connectivity index (χ1v) is 5.27. The van der Waals surface area contributed by atoms with Crippen LogP contribution in [0.4, 0.5) is 11.6 Å². The zero-order chi connectivity index (χ0) is 11.4. The fraction of sp³-hybridized carbons (Fsp3) is 0.364. The number of hydrogen-bond donors (Lipinski definition) is 3. The Hall–Kier alpha value is -1.75. The van der Waals surface area contributed by atoms with Crippen LogP contribution in [0.25, 0.3) is 11.0 Å². The van der Waals surface area contributed by atoms with Crippen molar-refractivity contribution in [2.24, 2.45) is 0 Å². The zero-order valence-corrected chi connectivity index (χ0v) is 9.29. The average Bonchev–Trinajstić information content (AvgIpc) is 2.66. The molecule has 1 aromatic carbocycles. The Morgan fingerprint density at radius 1 is 1.50 bits per heavy atom. The van der Waals surface area contributed by atoms with Crippen molar-refractivity contribution in [3.63, 3.8) is 0 Å². The summed E-state index contributed by atoms with van der Waals surface area (Å²) in [6.07, 6.45) is 0.954. The molecule has 0 spiro atoms. The van der Waals surface area contributed by atoms with E-state index in [1.54, 1.807) is 7.11 Å². The molecule has 16 heavy (non-hydrogen) atoms. The maximum Gasteiger partial charge on any atom is 0.201 e. The Kier molecular flexibility index (Phi) is 3.26. The number of aromatic nitrogens is 2. The molecule has 0 aliphatic heterocycles. The van der Waals surface area contributed by atoms with Crippen LogP contribution in [-0.4, -0.2) is 30.2 Å². The van der Waals surface area contributed by atoms with Crippen molar-refractivity contribution in [2.75, 3.05) is 31.3 Å². The number of ether oxygens (including phenoxy) is 1. The van der Waals surface area contributed by atoms with Crippen molar-refractivity contribution in [1.29, 1.82) is 0 Å². The molecule has 1 aromatic heterocycles. The third-order valence-electron chi connectivity index (χ3n) is 2.32. The van der Waals surface area contributed by atoms with Crippen LogP contribution in [0.1, 0.15) is 6.42 Å². The van der Waals surface area contributed by atoms with Crippen molar-refractivity contribution in [2.45, 2.75) is 6.42 Å². The highest BCUT2D eigenvalue weighted by Crippen LogP contribution is 2.16. The molecule has 0 bridgehead atoms. The third-order valence-corrected chi connectivity index (χ3v) is 2.32. The molecular weight excluding hydrogens is 204 g/mol. The molecule has 5 heteroatoms. The first-order valence-electron chi connectivity index (χ1n) is 5.27. The number of nitrogen functional groups attached to an aromatic ring is 1. The largest absolute Gasteiger partial charge is 0.399 e. The van der Waals surface area contributed by atoms with E-state index < -0.39 is 0 Å². The fourth-order valence-corrected chi connectivity index (χ4v) is 1.53. The van der Waals surface area contributed by atoms with E-state index in [9.17, 15) is 0 Å². The standard InChI is InChI=1S/C11H16N4O/c1-16-6-2-5-13-11-14-9-4-3-8(12)7-10(9)15-11/h3-4,7H,2,5-6,12H2,1H3,(H2,13,14,15). The van der Waals surface area contributed by atoms with Gasteiger partial charge in [0.1, 0.15) is 0 Å². The summed E-state index contributed by atoms with van der Waals surface area (Å²) in [7, 11) is 1.70. The summed E-state index contributed by atoms with van der Waals surface area (Å²) < 4.78 is 4.97. The summed E-state index contributed by atoms with van der Waals surface area (Å²) in [4.78, 5) is 7.56. The maximum absolute atomic E-state index is 5.69. The van der Waals surface area contributed by atoms with E-state index in [1.165, 1.54) is 0 Å². The molecule has 2 aromatic rings. The van der Waals surface area contributed by atoms with Gasteiger partial charge in [-0.15, -0.1) is 0 Å². The minimum atomic E-state index is 0.738. The van der Waals surface area contributed by atoms with E-state index in [1.807, 2.05) is 18.2 Å². The summed E-state index contributed by atoms with van der Waals surface area (Å²) in [6, 6.07) is 5.63. The number of aromatic amines is 1. The van der Waals surface area contributed by atoms with Gasteiger partial charge >= 0.3 is 0 Å². The normalized spacial score (nSPS) is 10.8. The van der Waals surface area contributed by atoms with Gasteiger partial charge in [0.05, 0.1) is 11.0 Å². The summed E-state index contributed by atoms with van der Waals surface area (Å²) in [5.74, 6) is 0.775. The molecule has 0 saturated heterocycles. The first kappa shape index (κ1) is 10.8. The summed E-state index contributed by atoms with van der Waals surface area (Å²) >= 11 is 0. The van der Waals surface area contributed by atoms with E-state index in [2.05, 4.69) is 15.3 Å². The lowest BCUT2D eigenvalue weighted by molar-refractivity contribution is 0.197. The third kappa shape index (κ3) is 2.43. The predicted molar refractivity (Wildman–Crippen MR) is 65.5 cm³/mol. The lowest BCUT2D eigenvalue weighted by Crippen LogP contribution is -2.05. The number of imidazole rings is 1. The average molecular weight is 220 g/mol. The molecule has 0 unspecified atom stereocenters. The van der Waals surface area contributed by atoms with Gasteiger partial charge in [-0.05, 0) is 24.6 Å². The van der Waals surface area contributed by atoms with Gasteiger partial charge in [-0.25, -0.2) is 4.98 Å². The lowest BCUT2D eigenvalue weighted by atomic mass is 10.3. The first-order chi connectivity index (χ1) is 7.79. The fourth-order valence-electron chi connectivity index (χ4n) is 1.53. The second kappa shape index (κ2) is 4.85. The number of nitrogens with two attached hydrogens (primary N) is 1.